The molecular weight excluding hydrogens is 409 g/mol. The van der Waals surface area contributed by atoms with Gasteiger partial charge in [-0.1, -0.05) is 0 Å². The second kappa shape index (κ2) is 6.26. The van der Waals surface area contributed by atoms with Crippen LogP contribution in [0.5, 0.6) is 0 Å². The Morgan fingerprint density at radius 2 is 1.75 bits per heavy atom. The maximum atomic E-state index is 14.6. The molecule has 0 radical (unpaired) electrons. The molecule has 2 aliphatic heterocycles. The predicted molar refractivity (Wildman–Crippen MR) is 99.4 cm³/mol. The fourth-order valence-corrected chi connectivity index (χ4v) is 5.64. The Balaban J connectivity index is 1.77. The molecule has 0 atom stereocenters. The molecule has 1 amide bonds. The summed E-state index contributed by atoms with van der Waals surface area (Å²) in [4.78, 5) is 10.9. The van der Waals surface area contributed by atoms with Gasteiger partial charge in [0.2, 0.25) is 15.9 Å². The first kappa shape index (κ1) is 18.8. The van der Waals surface area contributed by atoms with E-state index in [1.807, 2.05) is 0 Å². The smallest absolute Gasteiger partial charge is 0.267 e. The van der Waals surface area contributed by atoms with Crippen molar-refractivity contribution < 1.29 is 26.0 Å². The number of aryl methyl sites for hydroxylation is 1. The summed E-state index contributed by atoms with van der Waals surface area (Å²) in [5.74, 6) is -1.21. The number of nitrogens with one attached hydrogen (secondary N) is 1. The average Bonchev–Trinajstić information content (AvgIpc) is 3.04. The van der Waals surface area contributed by atoms with E-state index in [9.17, 15) is 26.0 Å². The van der Waals surface area contributed by atoms with Gasteiger partial charge in [0.1, 0.15) is 10.7 Å². The fourth-order valence-electron chi connectivity index (χ4n) is 3.47. The summed E-state index contributed by atoms with van der Waals surface area (Å²) in [6, 6.07) is 6.17. The SMILES string of the molecule is NS(=O)(=O)c1ccc2c(c1)CCN2S(=O)(=O)c1cc2c(cc1F)NC(=O)CC2. The molecule has 3 N–H and O–H groups in total. The number of hydrogen-bond acceptors (Lipinski definition) is 5. The molecule has 0 unspecified atom stereocenters. The van der Waals surface area contributed by atoms with Crippen molar-refractivity contribution in [1.29, 1.82) is 0 Å². The molecule has 8 nitrogen and oxygen atoms in total. The third kappa shape index (κ3) is 3.05. The van der Waals surface area contributed by atoms with Crippen LogP contribution in [-0.4, -0.2) is 29.3 Å². The summed E-state index contributed by atoms with van der Waals surface area (Å²) in [7, 11) is -8.13. The van der Waals surface area contributed by atoms with Crippen molar-refractivity contribution >= 4 is 37.3 Å². The van der Waals surface area contributed by atoms with Crippen LogP contribution in [0.1, 0.15) is 17.5 Å². The first-order chi connectivity index (χ1) is 13.1. The van der Waals surface area contributed by atoms with Gasteiger partial charge in [0.05, 0.1) is 10.6 Å². The lowest BCUT2D eigenvalue weighted by Crippen LogP contribution is -2.30. The molecule has 2 aromatic rings. The molecule has 0 aliphatic carbocycles. The summed E-state index contributed by atoms with van der Waals surface area (Å²) in [5, 5.41) is 7.65. The highest BCUT2D eigenvalue weighted by atomic mass is 32.2. The van der Waals surface area contributed by atoms with E-state index in [0.29, 0.717) is 17.5 Å². The average molecular weight is 425 g/mol. The number of rotatable bonds is 3. The third-order valence-corrected chi connectivity index (χ3v) is 7.59. The Labute approximate surface area is 161 Å². The quantitative estimate of drug-likeness (QED) is 0.762. The molecule has 148 valence electrons. The van der Waals surface area contributed by atoms with Gasteiger partial charge >= 0.3 is 0 Å². The number of anilines is 2. The first-order valence-electron chi connectivity index (χ1n) is 8.38. The molecule has 0 aromatic heterocycles. The zero-order chi connectivity index (χ0) is 20.3. The van der Waals surface area contributed by atoms with E-state index in [1.165, 1.54) is 24.3 Å². The van der Waals surface area contributed by atoms with Gasteiger partial charge in [-0.25, -0.2) is 26.4 Å². The fraction of sp³-hybridized carbons (Fsp3) is 0.235. The highest BCUT2D eigenvalue weighted by Crippen LogP contribution is 2.36. The maximum Gasteiger partial charge on any atom is 0.267 e. The van der Waals surface area contributed by atoms with Crippen molar-refractivity contribution in [2.45, 2.75) is 29.1 Å². The number of nitrogens with zero attached hydrogens (tertiary/aromatic N) is 1. The van der Waals surface area contributed by atoms with Crippen LogP contribution >= 0.6 is 0 Å². The lowest BCUT2D eigenvalue weighted by atomic mass is 10.0. The molecule has 0 saturated heterocycles. The van der Waals surface area contributed by atoms with Gasteiger partial charge in [-0.3, -0.25) is 9.10 Å². The van der Waals surface area contributed by atoms with Crippen LogP contribution in [0.3, 0.4) is 0 Å². The monoisotopic (exact) mass is 425 g/mol. The van der Waals surface area contributed by atoms with Gasteiger partial charge < -0.3 is 5.32 Å². The van der Waals surface area contributed by atoms with Gasteiger partial charge in [-0.2, -0.15) is 0 Å². The normalized spacial score (nSPS) is 16.5. The Morgan fingerprint density at radius 1 is 1.00 bits per heavy atom. The Hall–Kier alpha value is -2.50. The number of nitrogens with two attached hydrogens (primary N) is 1. The number of primary sulfonamides is 1. The van der Waals surface area contributed by atoms with Crippen LogP contribution < -0.4 is 14.8 Å². The van der Waals surface area contributed by atoms with Crippen LogP contribution in [0.25, 0.3) is 0 Å². The Kier molecular flexibility index (Phi) is 4.21. The van der Waals surface area contributed by atoms with Crippen molar-refractivity contribution in [1.82, 2.24) is 0 Å². The van der Waals surface area contributed by atoms with Crippen LogP contribution in [0.15, 0.2) is 40.1 Å². The molecule has 2 aliphatic rings. The van der Waals surface area contributed by atoms with Crippen LogP contribution in [-0.2, 0) is 37.7 Å². The van der Waals surface area contributed by atoms with E-state index in [-0.39, 0.29) is 41.6 Å². The molecule has 0 saturated carbocycles. The van der Waals surface area contributed by atoms with E-state index in [1.54, 1.807) is 0 Å². The third-order valence-electron chi connectivity index (χ3n) is 4.85. The number of carbonyl (C=O) groups excluding carboxylic acids is 1. The summed E-state index contributed by atoms with van der Waals surface area (Å²) < 4.78 is 64.9. The minimum Gasteiger partial charge on any atom is -0.326 e. The van der Waals surface area contributed by atoms with E-state index in [4.69, 9.17) is 5.14 Å². The second-order valence-electron chi connectivity index (χ2n) is 6.65. The molecule has 0 spiro atoms. The van der Waals surface area contributed by atoms with E-state index < -0.39 is 30.8 Å². The highest BCUT2D eigenvalue weighted by molar-refractivity contribution is 7.92. The van der Waals surface area contributed by atoms with E-state index in [2.05, 4.69) is 5.32 Å². The summed E-state index contributed by atoms with van der Waals surface area (Å²) in [5.41, 5.74) is 1.61. The van der Waals surface area contributed by atoms with E-state index >= 15 is 0 Å². The topological polar surface area (TPSA) is 127 Å². The number of halogens is 1. The lowest BCUT2D eigenvalue weighted by molar-refractivity contribution is -0.116. The number of carbonyl (C=O) groups is 1. The number of sulfonamides is 2. The van der Waals surface area contributed by atoms with Gasteiger partial charge in [-0.15, -0.1) is 0 Å². The van der Waals surface area contributed by atoms with Crippen molar-refractivity contribution in [2.75, 3.05) is 16.2 Å². The number of hydrogen-bond donors (Lipinski definition) is 2. The second-order valence-corrected chi connectivity index (χ2v) is 10.0. The molecule has 28 heavy (non-hydrogen) atoms. The molecule has 2 heterocycles. The first-order valence-corrected chi connectivity index (χ1v) is 11.4. The maximum absolute atomic E-state index is 14.6. The molecular formula is C17H16FN3O5S2. The molecule has 0 bridgehead atoms. The zero-order valence-corrected chi connectivity index (χ0v) is 16.1. The van der Waals surface area contributed by atoms with Crippen LogP contribution in [0.2, 0.25) is 0 Å². The van der Waals surface area contributed by atoms with Crippen molar-refractivity contribution in [3.05, 3.63) is 47.3 Å². The summed E-state index contributed by atoms with van der Waals surface area (Å²) >= 11 is 0. The van der Waals surface area contributed by atoms with Crippen LogP contribution in [0, 0.1) is 5.82 Å². The Morgan fingerprint density at radius 3 is 2.46 bits per heavy atom. The zero-order valence-electron chi connectivity index (χ0n) is 14.5. The number of amides is 1. The minimum atomic E-state index is -4.21. The van der Waals surface area contributed by atoms with Gasteiger partial charge in [0.25, 0.3) is 10.0 Å². The van der Waals surface area contributed by atoms with Gasteiger partial charge in [0.15, 0.2) is 0 Å². The number of fused-ring (bicyclic) bond motifs is 2. The van der Waals surface area contributed by atoms with Crippen molar-refractivity contribution in [2.24, 2.45) is 5.14 Å². The van der Waals surface area contributed by atoms with Crippen molar-refractivity contribution in [3.63, 3.8) is 0 Å². The summed E-state index contributed by atoms with van der Waals surface area (Å²) in [6.45, 7) is 0.0546. The minimum absolute atomic E-state index is 0.0546. The van der Waals surface area contributed by atoms with Gasteiger partial charge in [-0.05, 0) is 54.3 Å². The molecule has 11 heteroatoms. The highest BCUT2D eigenvalue weighted by Gasteiger charge is 2.34. The van der Waals surface area contributed by atoms with E-state index in [0.717, 1.165) is 10.4 Å². The van der Waals surface area contributed by atoms with Crippen molar-refractivity contribution in [3.8, 4) is 0 Å². The molecule has 4 rings (SSSR count). The molecule has 0 fully saturated rings. The Bertz CT molecular complexity index is 1230. The summed E-state index contributed by atoms with van der Waals surface area (Å²) in [6.07, 6.45) is 0.791. The lowest BCUT2D eigenvalue weighted by Gasteiger charge is -2.22. The standard InChI is InChI=1S/C17H16FN3O5S2/c18-13-9-14-10(1-4-17(22)20-14)8-16(13)28(25,26)21-6-5-11-7-12(27(19,23)24)2-3-15(11)21/h2-3,7-9H,1,4-6H2,(H,20,22)(H2,19,23,24). The predicted octanol–water partition coefficient (Wildman–Crippen LogP) is 1.11. The van der Waals surface area contributed by atoms with Gasteiger partial charge in [0, 0.05) is 18.7 Å². The van der Waals surface area contributed by atoms with Crippen LogP contribution in [0.4, 0.5) is 15.8 Å². The molecule has 2 aromatic carbocycles. The number of benzene rings is 2. The largest absolute Gasteiger partial charge is 0.326 e.